The van der Waals surface area contributed by atoms with Gasteiger partial charge in [0.2, 0.25) is 5.91 Å². The summed E-state index contributed by atoms with van der Waals surface area (Å²) >= 11 is 0. The summed E-state index contributed by atoms with van der Waals surface area (Å²) < 4.78 is 20.1. The van der Waals surface area contributed by atoms with Gasteiger partial charge in [0.15, 0.2) is 12.4 Å². The number of hydrogen-bond acceptors (Lipinski definition) is 6. The number of carbonyl (C=O) groups is 2. The van der Waals surface area contributed by atoms with Crippen molar-refractivity contribution in [1.82, 2.24) is 20.2 Å². The van der Waals surface area contributed by atoms with Gasteiger partial charge in [0, 0.05) is 18.7 Å². The highest BCUT2D eigenvalue weighted by Crippen LogP contribution is 2.33. The zero-order valence-electron chi connectivity index (χ0n) is 13.0. The summed E-state index contributed by atoms with van der Waals surface area (Å²) in [6.07, 6.45) is 0.797. The van der Waals surface area contributed by atoms with Gasteiger partial charge >= 0.3 is 5.97 Å². The van der Waals surface area contributed by atoms with E-state index < -0.39 is 17.7 Å². The Morgan fingerprint density at radius 1 is 1.50 bits per heavy atom. The van der Waals surface area contributed by atoms with Crippen molar-refractivity contribution in [2.24, 2.45) is 0 Å². The molecular formula is C15H16FN5O3. The van der Waals surface area contributed by atoms with E-state index >= 15 is 0 Å². The lowest BCUT2D eigenvalue weighted by Crippen LogP contribution is -2.28. The van der Waals surface area contributed by atoms with Crippen LogP contribution in [0.4, 0.5) is 10.1 Å². The molecule has 1 aromatic heterocycles. The molecule has 8 nitrogen and oxygen atoms in total. The number of nitrogens with zero attached hydrogens (tertiary/aromatic N) is 4. The maximum Gasteiger partial charge on any atom is 0.314 e. The summed E-state index contributed by atoms with van der Waals surface area (Å²) in [6, 6.07) is 3.92. The summed E-state index contributed by atoms with van der Waals surface area (Å²) in [5, 5.41) is 13.7. The summed E-state index contributed by atoms with van der Waals surface area (Å²) in [5.41, 5.74) is 0.832. The molecule has 0 bridgehead atoms. The fraction of sp³-hybridized carbons (Fsp3) is 0.400. The van der Waals surface area contributed by atoms with Gasteiger partial charge in [-0.3, -0.25) is 9.59 Å². The Bertz CT molecular complexity index is 776. The van der Waals surface area contributed by atoms with Crippen molar-refractivity contribution in [1.29, 1.82) is 0 Å². The third-order valence-corrected chi connectivity index (χ3v) is 3.72. The molecule has 1 aromatic carbocycles. The van der Waals surface area contributed by atoms with Gasteiger partial charge in [0.1, 0.15) is 5.82 Å². The number of anilines is 1. The van der Waals surface area contributed by atoms with Crippen molar-refractivity contribution in [2.75, 3.05) is 5.32 Å². The van der Waals surface area contributed by atoms with Crippen molar-refractivity contribution in [3.8, 4) is 0 Å². The lowest BCUT2D eigenvalue weighted by atomic mass is 9.90. The fourth-order valence-electron chi connectivity index (χ4n) is 2.60. The van der Waals surface area contributed by atoms with E-state index in [4.69, 9.17) is 4.74 Å². The highest BCUT2D eigenvalue weighted by molar-refractivity contribution is 5.99. The average Bonchev–Trinajstić information content (AvgIpc) is 2.99. The predicted molar refractivity (Wildman–Crippen MR) is 80.3 cm³/mol. The molecular weight excluding hydrogens is 317 g/mol. The second kappa shape index (κ2) is 6.73. The van der Waals surface area contributed by atoms with Gasteiger partial charge in [-0.05, 0) is 34.5 Å². The summed E-state index contributed by atoms with van der Waals surface area (Å²) in [5.74, 6) is -1.74. The quantitative estimate of drug-likeness (QED) is 0.830. The number of tetrazole rings is 1. The SMILES string of the molecule is CCCn1nnnc1COC(=O)C1CC(=O)Nc2cc(F)ccc21. The van der Waals surface area contributed by atoms with E-state index in [1.807, 2.05) is 6.92 Å². The van der Waals surface area contributed by atoms with Crippen LogP contribution in [0, 0.1) is 5.82 Å². The van der Waals surface area contributed by atoms with Crippen LogP contribution in [0.2, 0.25) is 0 Å². The van der Waals surface area contributed by atoms with Crippen LogP contribution in [0.15, 0.2) is 18.2 Å². The van der Waals surface area contributed by atoms with Crippen LogP contribution >= 0.6 is 0 Å². The number of hydrogen-bond donors (Lipinski definition) is 1. The number of carbonyl (C=O) groups excluding carboxylic acids is 2. The number of aryl methyl sites for hydroxylation is 1. The van der Waals surface area contributed by atoms with Crippen molar-refractivity contribution in [3.63, 3.8) is 0 Å². The molecule has 1 N–H and O–H groups in total. The molecule has 0 spiro atoms. The van der Waals surface area contributed by atoms with Gasteiger partial charge in [0.05, 0.1) is 5.92 Å². The van der Waals surface area contributed by atoms with Gasteiger partial charge in [-0.25, -0.2) is 9.07 Å². The van der Waals surface area contributed by atoms with E-state index in [0.29, 0.717) is 23.6 Å². The highest BCUT2D eigenvalue weighted by Gasteiger charge is 2.32. The van der Waals surface area contributed by atoms with Gasteiger partial charge in [-0.1, -0.05) is 13.0 Å². The summed E-state index contributed by atoms with van der Waals surface area (Å²) in [6.45, 7) is 2.52. The first kappa shape index (κ1) is 16.0. The van der Waals surface area contributed by atoms with Crippen LogP contribution in [0.25, 0.3) is 0 Å². The van der Waals surface area contributed by atoms with Crippen molar-refractivity contribution >= 4 is 17.6 Å². The first-order chi connectivity index (χ1) is 11.6. The molecule has 2 aromatic rings. The number of nitrogens with one attached hydrogen (secondary N) is 1. The lowest BCUT2D eigenvalue weighted by Gasteiger charge is -2.24. The standard InChI is InChI=1S/C15H16FN5O3/c1-2-5-21-13(18-19-20-21)8-24-15(23)11-7-14(22)17-12-6-9(16)3-4-10(11)12/h3-4,6,11H,2,5,7-8H2,1H3,(H,17,22). The number of ether oxygens (including phenoxy) is 1. The minimum Gasteiger partial charge on any atom is -0.457 e. The van der Waals surface area contributed by atoms with Crippen LogP contribution < -0.4 is 5.32 Å². The molecule has 1 aliphatic heterocycles. The molecule has 126 valence electrons. The van der Waals surface area contributed by atoms with Crippen LogP contribution in [0.5, 0.6) is 0 Å². The number of amides is 1. The smallest absolute Gasteiger partial charge is 0.314 e. The second-order valence-electron chi connectivity index (χ2n) is 5.46. The Morgan fingerprint density at radius 2 is 2.33 bits per heavy atom. The van der Waals surface area contributed by atoms with Crippen LogP contribution in [-0.2, 0) is 27.5 Å². The Morgan fingerprint density at radius 3 is 3.12 bits per heavy atom. The van der Waals surface area contributed by atoms with E-state index in [-0.39, 0.29) is 18.9 Å². The Labute approximate surface area is 137 Å². The predicted octanol–water partition coefficient (Wildman–Crippen LogP) is 1.39. The molecule has 1 amide bonds. The maximum absolute atomic E-state index is 13.3. The van der Waals surface area contributed by atoms with E-state index in [0.717, 1.165) is 6.42 Å². The third kappa shape index (κ3) is 3.24. The lowest BCUT2D eigenvalue weighted by molar-refractivity contribution is -0.148. The fourth-order valence-corrected chi connectivity index (χ4v) is 2.60. The van der Waals surface area contributed by atoms with Crippen LogP contribution in [0.3, 0.4) is 0 Å². The molecule has 24 heavy (non-hydrogen) atoms. The van der Waals surface area contributed by atoms with E-state index in [1.54, 1.807) is 4.68 Å². The number of esters is 1. The highest BCUT2D eigenvalue weighted by atomic mass is 19.1. The van der Waals surface area contributed by atoms with E-state index in [2.05, 4.69) is 20.8 Å². The minimum absolute atomic E-state index is 0.0443. The molecule has 1 atom stereocenters. The third-order valence-electron chi connectivity index (χ3n) is 3.72. The minimum atomic E-state index is -0.773. The molecule has 9 heteroatoms. The first-order valence-electron chi connectivity index (χ1n) is 7.59. The van der Waals surface area contributed by atoms with Gasteiger partial charge in [-0.2, -0.15) is 0 Å². The molecule has 1 unspecified atom stereocenters. The average molecular weight is 333 g/mol. The molecule has 0 radical (unpaired) electrons. The van der Waals surface area contributed by atoms with Crippen molar-refractivity contribution in [3.05, 3.63) is 35.4 Å². The number of halogens is 1. The number of aromatic nitrogens is 4. The Balaban J connectivity index is 1.73. The van der Waals surface area contributed by atoms with E-state index in [1.165, 1.54) is 18.2 Å². The first-order valence-corrected chi connectivity index (χ1v) is 7.59. The van der Waals surface area contributed by atoms with Crippen molar-refractivity contribution < 1.29 is 18.7 Å². The van der Waals surface area contributed by atoms with Crippen LogP contribution in [-0.4, -0.2) is 32.1 Å². The van der Waals surface area contributed by atoms with Crippen molar-refractivity contribution in [2.45, 2.75) is 38.8 Å². The molecule has 3 rings (SSSR count). The van der Waals surface area contributed by atoms with Crippen LogP contribution in [0.1, 0.15) is 37.1 Å². The molecule has 0 saturated carbocycles. The Kier molecular flexibility index (Phi) is 4.50. The summed E-state index contributed by atoms with van der Waals surface area (Å²) in [7, 11) is 0. The number of fused-ring (bicyclic) bond motifs is 1. The van der Waals surface area contributed by atoms with Gasteiger partial charge in [-0.15, -0.1) is 5.10 Å². The largest absolute Gasteiger partial charge is 0.457 e. The van der Waals surface area contributed by atoms with Gasteiger partial charge < -0.3 is 10.1 Å². The van der Waals surface area contributed by atoms with Gasteiger partial charge in [0.25, 0.3) is 0 Å². The molecule has 1 aliphatic rings. The summed E-state index contributed by atoms with van der Waals surface area (Å²) in [4.78, 5) is 24.1. The molecule has 0 aliphatic carbocycles. The zero-order valence-corrected chi connectivity index (χ0v) is 13.0. The topological polar surface area (TPSA) is 99.0 Å². The Hall–Kier alpha value is -2.84. The zero-order chi connectivity index (χ0) is 17.1. The normalized spacial score (nSPS) is 16.4. The molecule has 0 saturated heterocycles. The monoisotopic (exact) mass is 333 g/mol. The second-order valence-corrected chi connectivity index (χ2v) is 5.46. The molecule has 2 heterocycles. The number of benzene rings is 1. The molecule has 0 fully saturated rings. The maximum atomic E-state index is 13.3. The number of rotatable bonds is 5. The van der Waals surface area contributed by atoms with E-state index in [9.17, 15) is 14.0 Å².